The van der Waals surface area contributed by atoms with Gasteiger partial charge in [-0.05, 0) is 135 Å². The molecule has 3 N–H and O–H groups in total. The molecule has 0 aliphatic rings. The molecule has 0 aromatic rings. The highest BCUT2D eigenvalue weighted by molar-refractivity contribution is 7.47. The summed E-state index contributed by atoms with van der Waals surface area (Å²) in [5.74, 6) is -2.40. The molecule has 0 aliphatic carbocycles. The van der Waals surface area contributed by atoms with Crippen molar-refractivity contribution >= 4 is 39.5 Å². The molecule has 0 fully saturated rings. The Balaban J connectivity index is 5.44. The van der Waals surface area contributed by atoms with Crippen molar-refractivity contribution in [3.05, 3.63) is 134 Å². The fraction of sp³-hybridized carbons (Fsp3) is 0.653. The molecule has 536 valence electrons. The van der Waals surface area contributed by atoms with E-state index in [0.29, 0.717) is 25.7 Å². The van der Waals surface area contributed by atoms with Gasteiger partial charge < -0.3 is 33.8 Å². The van der Waals surface area contributed by atoms with Gasteiger partial charge in [-0.2, -0.15) is 0 Å². The average molecular weight is 1360 g/mol. The van der Waals surface area contributed by atoms with Gasteiger partial charge in [0.1, 0.15) is 19.3 Å². The zero-order chi connectivity index (χ0) is 69.0. The van der Waals surface area contributed by atoms with Crippen molar-refractivity contribution in [3.8, 4) is 0 Å². The maximum absolute atomic E-state index is 13.0. The summed E-state index contributed by atoms with van der Waals surface area (Å²) in [7, 11) is -9.98. The van der Waals surface area contributed by atoms with Crippen molar-refractivity contribution in [2.45, 2.75) is 277 Å². The molecule has 0 heterocycles. The molecule has 0 rings (SSSR count). The Kier molecular flexibility index (Phi) is 63.4. The van der Waals surface area contributed by atoms with Gasteiger partial charge >= 0.3 is 39.5 Å². The van der Waals surface area contributed by atoms with Gasteiger partial charge in [0.25, 0.3) is 0 Å². The van der Waals surface area contributed by atoms with Crippen LogP contribution < -0.4 is 0 Å². The van der Waals surface area contributed by atoms with E-state index in [1.165, 1.54) is 38.5 Å². The second-order valence-electron chi connectivity index (χ2n) is 23.1. The molecule has 0 amide bonds. The van der Waals surface area contributed by atoms with Crippen molar-refractivity contribution < 1.29 is 80.2 Å². The Labute approximate surface area is 567 Å². The third-order valence-corrected chi connectivity index (χ3v) is 16.0. The van der Waals surface area contributed by atoms with Crippen LogP contribution in [0.5, 0.6) is 0 Å². The number of hydrogen-bond donors (Lipinski definition) is 3. The van der Waals surface area contributed by atoms with Crippen LogP contribution in [-0.2, 0) is 65.4 Å². The Hall–Kier alpha value is -4.80. The molecule has 0 aromatic carbocycles. The minimum absolute atomic E-state index is 0.0615. The zero-order valence-corrected chi connectivity index (χ0v) is 59.9. The van der Waals surface area contributed by atoms with Crippen LogP contribution in [0.4, 0.5) is 0 Å². The van der Waals surface area contributed by atoms with Crippen LogP contribution >= 0.6 is 15.6 Å². The first-order valence-electron chi connectivity index (χ1n) is 35.4. The van der Waals surface area contributed by atoms with Crippen molar-refractivity contribution in [3.63, 3.8) is 0 Å². The van der Waals surface area contributed by atoms with E-state index in [2.05, 4.69) is 137 Å². The van der Waals surface area contributed by atoms with E-state index in [0.717, 1.165) is 141 Å². The second-order valence-corrected chi connectivity index (χ2v) is 26.0. The fourth-order valence-electron chi connectivity index (χ4n) is 8.73. The lowest BCUT2D eigenvalue weighted by molar-refractivity contribution is -0.161. The third-order valence-electron chi connectivity index (χ3n) is 14.1. The molecule has 5 unspecified atom stereocenters. The number of allylic oxidation sites excluding steroid dienone is 21. The van der Waals surface area contributed by atoms with Crippen LogP contribution in [0.15, 0.2) is 134 Å². The van der Waals surface area contributed by atoms with Crippen LogP contribution in [0.1, 0.15) is 259 Å². The summed E-state index contributed by atoms with van der Waals surface area (Å²) in [5.41, 5.74) is 0. The Morgan fingerprint density at radius 2 is 0.606 bits per heavy atom. The van der Waals surface area contributed by atoms with E-state index in [1.807, 2.05) is 18.2 Å². The fourth-order valence-corrected chi connectivity index (χ4v) is 10.3. The molecule has 5 atom stereocenters. The smallest absolute Gasteiger partial charge is 0.462 e. The lowest BCUT2D eigenvalue weighted by Gasteiger charge is -2.21. The van der Waals surface area contributed by atoms with Gasteiger partial charge in [-0.1, -0.05) is 232 Å². The third kappa shape index (κ3) is 65.8. The second kappa shape index (κ2) is 66.8. The number of ether oxygens (including phenoxy) is 4. The van der Waals surface area contributed by atoms with Gasteiger partial charge in [0, 0.05) is 19.3 Å². The standard InChI is InChI=1S/C75H124O17P2/c1-5-9-13-17-21-25-29-32-34-37-40-43-47-51-55-59-72(77)85-65-70(91-74(79)61-57-53-49-45-39-28-24-20-16-12-8-4)67-89-93(81,82)87-63-69(76)64-88-94(83,84)90-68-71(92-75(80)62-58-54-50-46-42-36-31-27-23-19-15-11-7-3)66-86-73(78)60-56-52-48-44-41-38-35-33-30-26-22-18-14-10-6-2/h9-10,13-14,20-22,24-27,31-35,40-41,43-44,52,56,69-71,76H,5-8,11-12,15-19,23,28-30,36-39,42,45-51,53-55,57-68H2,1-4H3,(H,81,82)(H,83,84)/b13-9-,14-10-,24-20-,25-21-,26-22-,31-27-,34-32-,35-33-,43-40-,44-41-,56-52-. The van der Waals surface area contributed by atoms with Gasteiger partial charge in [0.05, 0.1) is 32.8 Å². The van der Waals surface area contributed by atoms with Gasteiger partial charge in [-0.25, -0.2) is 9.13 Å². The quantitative estimate of drug-likeness (QED) is 0.0169. The summed E-state index contributed by atoms with van der Waals surface area (Å²) in [5, 5.41) is 10.6. The van der Waals surface area contributed by atoms with Crippen LogP contribution in [0, 0.1) is 0 Å². The molecule has 17 nitrogen and oxygen atoms in total. The number of phosphoric ester groups is 2. The summed E-state index contributed by atoms with van der Waals surface area (Å²) < 4.78 is 68.0. The molecule has 0 radical (unpaired) electrons. The molecule has 0 saturated carbocycles. The number of esters is 4. The topological polar surface area (TPSA) is 237 Å². The van der Waals surface area contributed by atoms with E-state index < -0.39 is 97.5 Å². The first kappa shape index (κ1) is 89.2. The number of phosphoric acid groups is 2. The molecule has 0 spiro atoms. The van der Waals surface area contributed by atoms with Crippen molar-refractivity contribution in [1.82, 2.24) is 0 Å². The number of carbonyl (C=O) groups excluding carboxylic acids is 4. The predicted molar refractivity (Wildman–Crippen MR) is 381 cm³/mol. The predicted octanol–water partition coefficient (Wildman–Crippen LogP) is 19.8. The van der Waals surface area contributed by atoms with Crippen molar-refractivity contribution in [2.75, 3.05) is 39.6 Å². The van der Waals surface area contributed by atoms with E-state index >= 15 is 0 Å². The van der Waals surface area contributed by atoms with Crippen LogP contribution in [0.2, 0.25) is 0 Å². The first-order valence-corrected chi connectivity index (χ1v) is 38.4. The molecular formula is C75H124O17P2. The van der Waals surface area contributed by atoms with E-state index in [9.17, 15) is 43.2 Å². The number of rotatable bonds is 65. The van der Waals surface area contributed by atoms with Crippen molar-refractivity contribution in [1.29, 1.82) is 0 Å². The number of unbranched alkanes of at least 4 members (excludes halogenated alkanes) is 18. The van der Waals surface area contributed by atoms with Crippen molar-refractivity contribution in [2.24, 2.45) is 0 Å². The van der Waals surface area contributed by atoms with Crippen LogP contribution in [-0.4, -0.2) is 96.7 Å². The maximum Gasteiger partial charge on any atom is 0.472 e. The highest BCUT2D eigenvalue weighted by atomic mass is 31.2. The average Bonchev–Trinajstić information content (AvgIpc) is 1.55. The molecule has 19 heteroatoms. The molecule has 0 bridgehead atoms. The Bertz CT molecular complexity index is 2310. The number of carbonyl (C=O) groups is 4. The van der Waals surface area contributed by atoms with Crippen LogP contribution in [0.3, 0.4) is 0 Å². The Morgan fingerprint density at radius 1 is 0.319 bits per heavy atom. The van der Waals surface area contributed by atoms with Gasteiger partial charge in [0.15, 0.2) is 12.2 Å². The summed E-state index contributed by atoms with van der Waals surface area (Å²) in [6.07, 6.45) is 72.2. The minimum Gasteiger partial charge on any atom is -0.462 e. The number of aliphatic hydroxyl groups excluding tert-OH is 1. The van der Waals surface area contributed by atoms with Gasteiger partial charge in [-0.15, -0.1) is 0 Å². The highest BCUT2D eigenvalue weighted by Crippen LogP contribution is 2.45. The molecule has 0 aromatic heterocycles. The maximum atomic E-state index is 13.0. The Morgan fingerprint density at radius 3 is 1.01 bits per heavy atom. The lowest BCUT2D eigenvalue weighted by Crippen LogP contribution is -2.30. The lowest BCUT2D eigenvalue weighted by atomic mass is 10.1. The first-order chi connectivity index (χ1) is 45.7. The van der Waals surface area contributed by atoms with E-state index in [4.69, 9.17) is 37.0 Å². The number of aliphatic hydroxyl groups is 1. The number of hydrogen-bond acceptors (Lipinski definition) is 15. The molecule has 94 heavy (non-hydrogen) atoms. The molecule has 0 aliphatic heterocycles. The largest absolute Gasteiger partial charge is 0.472 e. The van der Waals surface area contributed by atoms with Gasteiger partial charge in [0.2, 0.25) is 0 Å². The molecular weight excluding hydrogens is 1230 g/mol. The highest BCUT2D eigenvalue weighted by Gasteiger charge is 2.30. The monoisotopic (exact) mass is 1360 g/mol. The van der Waals surface area contributed by atoms with E-state index in [1.54, 1.807) is 6.08 Å². The van der Waals surface area contributed by atoms with Crippen LogP contribution in [0.25, 0.3) is 0 Å². The SMILES string of the molecule is CC/C=C\C/C=C\C/C=C\C/C=C\C/C=C\CC(=O)OCC(COP(=O)(O)OCC(O)COP(=O)(O)OCC(COC(=O)CCCC/C=C\C/C=C\C/C=C\C/C=C\CC)OC(=O)CCCCCCC/C=C\CCCC)OC(=O)CCCCCCC/C=C\CCCCCC. The summed E-state index contributed by atoms with van der Waals surface area (Å²) >= 11 is 0. The summed E-state index contributed by atoms with van der Waals surface area (Å²) in [6, 6.07) is 0. The normalized spacial score (nSPS) is 14.8. The minimum atomic E-state index is -5.00. The summed E-state index contributed by atoms with van der Waals surface area (Å²) in [6.45, 7) is 4.37. The van der Waals surface area contributed by atoms with E-state index in [-0.39, 0.29) is 25.7 Å². The van der Waals surface area contributed by atoms with Gasteiger partial charge in [-0.3, -0.25) is 37.3 Å². The summed E-state index contributed by atoms with van der Waals surface area (Å²) in [4.78, 5) is 72.5. The zero-order valence-electron chi connectivity index (χ0n) is 58.1. The molecule has 0 saturated heterocycles.